The summed E-state index contributed by atoms with van der Waals surface area (Å²) in [5.74, 6) is -2.56. The highest BCUT2D eigenvalue weighted by Gasteiger charge is 2.30. The molecule has 0 spiro atoms. The van der Waals surface area contributed by atoms with E-state index in [1.807, 2.05) is 0 Å². The summed E-state index contributed by atoms with van der Waals surface area (Å²) < 4.78 is 38.5. The fourth-order valence-electron chi connectivity index (χ4n) is 3.52. The summed E-state index contributed by atoms with van der Waals surface area (Å²) in [5, 5.41) is 4.93. The van der Waals surface area contributed by atoms with Gasteiger partial charge in [0.1, 0.15) is 17.2 Å². The van der Waals surface area contributed by atoms with Crippen molar-refractivity contribution in [2.24, 2.45) is 0 Å². The monoisotopic (exact) mass is 619 g/mol. The number of esters is 2. The lowest BCUT2D eigenvalue weighted by Crippen LogP contribution is -2.51. The predicted octanol–water partition coefficient (Wildman–Crippen LogP) is 1.86. The molecule has 0 aliphatic carbocycles. The molecule has 0 bridgehead atoms. The number of nitrogens with two attached hydrogens (primary N) is 1. The van der Waals surface area contributed by atoms with Crippen LogP contribution >= 0.6 is 0 Å². The zero-order valence-electron chi connectivity index (χ0n) is 25.4. The minimum Gasteiger partial charge on any atom is -0.459 e. The van der Waals surface area contributed by atoms with Crippen LogP contribution in [0.1, 0.15) is 70.6 Å². The molecule has 5 N–H and O–H groups in total. The second-order valence-corrected chi connectivity index (χ2v) is 13.4. The molecule has 0 unspecified atom stereocenters. The second-order valence-electron chi connectivity index (χ2n) is 11.7. The molecule has 2 aromatic rings. The predicted molar refractivity (Wildman–Crippen MR) is 159 cm³/mol. The van der Waals surface area contributed by atoms with E-state index < -0.39 is 64.1 Å². The first kappa shape index (κ1) is 35.2. The maximum absolute atomic E-state index is 12.8. The molecule has 0 saturated heterocycles. The Morgan fingerprint density at radius 2 is 1.51 bits per heavy atom. The molecule has 1 atom stereocenters. The fourth-order valence-corrected chi connectivity index (χ4v) is 4.72. The Labute approximate surface area is 252 Å². The molecule has 0 aliphatic heterocycles. The Morgan fingerprint density at radius 1 is 0.884 bits per heavy atom. The van der Waals surface area contributed by atoms with Gasteiger partial charge in [-0.3, -0.25) is 14.4 Å². The van der Waals surface area contributed by atoms with Crippen LogP contribution < -0.4 is 21.1 Å². The molecule has 14 heteroatoms. The lowest BCUT2D eigenvalue weighted by atomic mass is 10.1. The third kappa shape index (κ3) is 12.8. The number of benzene rings is 1. The third-order valence-corrected chi connectivity index (χ3v) is 6.89. The van der Waals surface area contributed by atoms with E-state index in [0.29, 0.717) is 18.5 Å². The molecular weight excluding hydrogens is 578 g/mol. The number of nitrogen functional groups attached to an aromatic ring is 1. The normalized spacial score (nSPS) is 12.6. The number of ether oxygens (including phenoxy) is 2. The number of carbonyl (C=O) groups excluding carboxylic acids is 4. The van der Waals surface area contributed by atoms with Crippen LogP contribution in [-0.4, -0.2) is 67.5 Å². The number of carbonyl (C=O) groups is 4. The molecule has 1 heterocycles. The van der Waals surface area contributed by atoms with Crippen LogP contribution in [0.3, 0.4) is 0 Å². The van der Waals surface area contributed by atoms with Gasteiger partial charge in [0.2, 0.25) is 21.8 Å². The van der Waals surface area contributed by atoms with Gasteiger partial charge >= 0.3 is 11.9 Å². The number of aryl methyl sites for hydroxylation is 1. The van der Waals surface area contributed by atoms with E-state index in [1.165, 1.54) is 24.3 Å². The number of nitrogens with one attached hydrogen (secondary N) is 3. The van der Waals surface area contributed by atoms with Gasteiger partial charge in [0.25, 0.3) is 0 Å². The smallest absolute Gasteiger partial charge is 0.359 e. The van der Waals surface area contributed by atoms with Gasteiger partial charge in [-0.05, 0) is 78.6 Å². The second kappa shape index (κ2) is 14.9. The van der Waals surface area contributed by atoms with Gasteiger partial charge in [-0.15, -0.1) is 0 Å². The Morgan fingerprint density at radius 3 is 2.12 bits per heavy atom. The van der Waals surface area contributed by atoms with E-state index in [0.717, 1.165) is 0 Å². The Hall–Kier alpha value is -4.04. The van der Waals surface area contributed by atoms with E-state index in [2.05, 4.69) is 20.3 Å². The Balaban J connectivity index is 1.88. The van der Waals surface area contributed by atoms with Crippen molar-refractivity contribution in [3.05, 3.63) is 53.9 Å². The molecule has 43 heavy (non-hydrogen) atoms. The van der Waals surface area contributed by atoms with Gasteiger partial charge in [-0.2, -0.15) is 4.72 Å². The van der Waals surface area contributed by atoms with Crippen LogP contribution in [0.25, 0.3) is 0 Å². The van der Waals surface area contributed by atoms with Crippen molar-refractivity contribution in [2.75, 3.05) is 18.8 Å². The van der Waals surface area contributed by atoms with E-state index in [-0.39, 0.29) is 22.7 Å². The number of rotatable bonds is 13. The molecule has 0 saturated carbocycles. The molecular formula is C29H41N5O8S. The summed E-state index contributed by atoms with van der Waals surface area (Å²) in [4.78, 5) is 54.0. The zero-order valence-corrected chi connectivity index (χ0v) is 26.2. The first-order valence-corrected chi connectivity index (χ1v) is 15.2. The molecule has 0 aliphatic rings. The van der Waals surface area contributed by atoms with Crippen molar-refractivity contribution in [1.29, 1.82) is 0 Å². The number of aromatic nitrogens is 1. The van der Waals surface area contributed by atoms with Crippen LogP contribution in [0.2, 0.25) is 0 Å². The molecule has 1 aromatic carbocycles. The molecule has 236 valence electrons. The topological polar surface area (TPSA) is 196 Å². The summed E-state index contributed by atoms with van der Waals surface area (Å²) in [7, 11) is -4.09. The van der Waals surface area contributed by atoms with Crippen LogP contribution in [0.15, 0.2) is 47.4 Å². The molecule has 13 nitrogen and oxygen atoms in total. The third-order valence-electron chi connectivity index (χ3n) is 5.40. The summed E-state index contributed by atoms with van der Waals surface area (Å²) in [6, 6.07) is 9.25. The SMILES string of the molecule is CC(C)(C)OC(=O)c1nc(CCCC(=O)NCC(=O)NC[C@H](NS(=O)(=O)c2ccccc2)C(=O)OC(C)(C)C)ccc1N. The van der Waals surface area contributed by atoms with E-state index >= 15 is 0 Å². The lowest BCUT2D eigenvalue weighted by Gasteiger charge is -2.24. The Kier molecular flexibility index (Phi) is 12.2. The quantitative estimate of drug-likeness (QED) is 0.240. The minimum absolute atomic E-state index is 0.00397. The molecule has 0 radical (unpaired) electrons. The number of sulfonamides is 1. The molecule has 0 fully saturated rings. The first-order valence-electron chi connectivity index (χ1n) is 13.7. The summed E-state index contributed by atoms with van der Waals surface area (Å²) in [6.45, 7) is 9.29. The molecule has 1 aromatic heterocycles. The van der Waals surface area contributed by atoms with Crippen LogP contribution in [-0.2, 0) is 40.3 Å². The van der Waals surface area contributed by atoms with Crippen molar-refractivity contribution in [2.45, 2.75) is 82.9 Å². The van der Waals surface area contributed by atoms with Gasteiger partial charge < -0.3 is 25.8 Å². The maximum atomic E-state index is 12.8. The number of hydrogen-bond acceptors (Lipinski definition) is 10. The average Bonchev–Trinajstić information content (AvgIpc) is 2.89. The van der Waals surface area contributed by atoms with Crippen molar-refractivity contribution >= 4 is 39.5 Å². The van der Waals surface area contributed by atoms with E-state index in [1.54, 1.807) is 59.7 Å². The van der Waals surface area contributed by atoms with Crippen molar-refractivity contribution in [1.82, 2.24) is 20.3 Å². The van der Waals surface area contributed by atoms with E-state index in [9.17, 15) is 27.6 Å². The number of amides is 2. The van der Waals surface area contributed by atoms with Crippen LogP contribution in [0.4, 0.5) is 5.69 Å². The lowest BCUT2D eigenvalue weighted by molar-refractivity contribution is -0.156. The number of pyridine rings is 1. The standard InChI is InChI=1S/C29H41N5O8S/c1-28(2,3)41-26(37)22(34-43(39,40)20-12-8-7-9-13-20)17-31-24(36)18-32-23(35)14-10-11-19-15-16-21(30)25(33-19)27(38)42-29(4,5)6/h7-9,12-13,15-16,22,34H,10-11,14,17-18,30H2,1-6H3,(H,31,36)(H,32,35)/t22-/m0/s1. The highest BCUT2D eigenvalue weighted by atomic mass is 32.2. The summed E-state index contributed by atoms with van der Waals surface area (Å²) in [5.41, 5.74) is 5.00. The highest BCUT2D eigenvalue weighted by molar-refractivity contribution is 7.89. The maximum Gasteiger partial charge on any atom is 0.359 e. The van der Waals surface area contributed by atoms with Crippen LogP contribution in [0.5, 0.6) is 0 Å². The van der Waals surface area contributed by atoms with Gasteiger partial charge in [0, 0.05) is 18.7 Å². The van der Waals surface area contributed by atoms with Crippen molar-refractivity contribution in [3.8, 4) is 0 Å². The minimum atomic E-state index is -4.09. The fraction of sp³-hybridized carbons (Fsp3) is 0.483. The van der Waals surface area contributed by atoms with E-state index in [4.69, 9.17) is 15.2 Å². The number of nitrogens with zero attached hydrogens (tertiary/aromatic N) is 1. The summed E-state index contributed by atoms with van der Waals surface area (Å²) >= 11 is 0. The van der Waals surface area contributed by atoms with Crippen LogP contribution in [0, 0.1) is 0 Å². The molecule has 2 amide bonds. The zero-order chi connectivity index (χ0) is 32.4. The van der Waals surface area contributed by atoms with Crippen molar-refractivity contribution < 1.29 is 37.1 Å². The molecule has 2 rings (SSSR count). The van der Waals surface area contributed by atoms with Crippen molar-refractivity contribution in [3.63, 3.8) is 0 Å². The van der Waals surface area contributed by atoms with Gasteiger partial charge in [-0.1, -0.05) is 18.2 Å². The van der Waals surface area contributed by atoms with Gasteiger partial charge in [0.15, 0.2) is 5.69 Å². The van der Waals surface area contributed by atoms with Gasteiger partial charge in [-0.25, -0.2) is 18.2 Å². The van der Waals surface area contributed by atoms with Gasteiger partial charge in [0.05, 0.1) is 17.1 Å². The Bertz CT molecular complexity index is 1400. The largest absolute Gasteiger partial charge is 0.459 e. The summed E-state index contributed by atoms with van der Waals surface area (Å²) in [6.07, 6.45) is 0.813. The number of anilines is 1. The highest BCUT2D eigenvalue weighted by Crippen LogP contribution is 2.17. The first-order chi connectivity index (χ1) is 19.9. The average molecular weight is 620 g/mol. The number of hydrogen-bond donors (Lipinski definition) is 4.